The van der Waals surface area contributed by atoms with Crippen molar-refractivity contribution < 1.29 is 13.2 Å². The highest BCUT2D eigenvalue weighted by atomic mass is 32.2. The third kappa shape index (κ3) is 4.02. The Balaban J connectivity index is 2.08. The summed E-state index contributed by atoms with van der Waals surface area (Å²) >= 11 is 0. The van der Waals surface area contributed by atoms with Crippen molar-refractivity contribution in [2.24, 2.45) is 0 Å². The zero-order valence-electron chi connectivity index (χ0n) is 11.6. The summed E-state index contributed by atoms with van der Waals surface area (Å²) in [6.45, 7) is 0.413. The van der Waals surface area contributed by atoms with Crippen LogP contribution in [0.15, 0.2) is 29.2 Å². The maximum Gasteiger partial charge on any atom is 0.322 e. The molecule has 8 nitrogen and oxygen atoms in total. The van der Waals surface area contributed by atoms with E-state index in [0.717, 1.165) is 5.56 Å². The number of nitrogens with two attached hydrogens (primary N) is 1. The molecule has 0 spiro atoms. The Morgan fingerprint density at radius 1 is 1.19 bits per heavy atom. The molecule has 0 radical (unpaired) electrons. The number of nitrogens with one attached hydrogen (secondary N) is 1. The zero-order chi connectivity index (χ0) is 15.5. The Kier molecular flexibility index (Phi) is 4.22. The van der Waals surface area contributed by atoms with Gasteiger partial charge in [0, 0.05) is 12.8 Å². The van der Waals surface area contributed by atoms with E-state index in [1.165, 1.54) is 13.4 Å². The number of hydrogen-bond donors (Lipinski definition) is 2. The average molecular weight is 309 g/mol. The van der Waals surface area contributed by atoms with E-state index < -0.39 is 9.84 Å². The Hall–Kier alpha value is -2.42. The van der Waals surface area contributed by atoms with Gasteiger partial charge in [-0.2, -0.15) is 15.0 Å². The molecule has 0 saturated heterocycles. The van der Waals surface area contributed by atoms with E-state index in [1.807, 2.05) is 0 Å². The average Bonchev–Trinajstić information content (AvgIpc) is 2.44. The van der Waals surface area contributed by atoms with Gasteiger partial charge in [0.2, 0.25) is 11.9 Å². The molecule has 0 aliphatic heterocycles. The van der Waals surface area contributed by atoms with Crippen LogP contribution >= 0.6 is 0 Å². The van der Waals surface area contributed by atoms with Crippen molar-refractivity contribution >= 4 is 21.7 Å². The first-order chi connectivity index (χ1) is 9.88. The highest BCUT2D eigenvalue weighted by Crippen LogP contribution is 2.12. The molecule has 21 heavy (non-hydrogen) atoms. The van der Waals surface area contributed by atoms with Gasteiger partial charge in [0.25, 0.3) is 0 Å². The molecule has 2 rings (SSSR count). The Bertz CT molecular complexity index is 731. The van der Waals surface area contributed by atoms with E-state index in [9.17, 15) is 8.42 Å². The van der Waals surface area contributed by atoms with Gasteiger partial charge in [-0.3, -0.25) is 0 Å². The lowest BCUT2D eigenvalue weighted by molar-refractivity contribution is 0.379. The number of methoxy groups -OCH3 is 1. The van der Waals surface area contributed by atoms with Crippen LogP contribution in [0.4, 0.5) is 11.9 Å². The van der Waals surface area contributed by atoms with Gasteiger partial charge in [0.15, 0.2) is 9.84 Å². The molecule has 0 fully saturated rings. The van der Waals surface area contributed by atoms with Crippen molar-refractivity contribution in [3.63, 3.8) is 0 Å². The largest absolute Gasteiger partial charge is 0.467 e. The number of aromatic nitrogens is 3. The third-order valence-electron chi connectivity index (χ3n) is 2.62. The molecule has 2 aromatic rings. The molecule has 0 unspecified atom stereocenters. The highest BCUT2D eigenvalue weighted by Gasteiger charge is 2.07. The van der Waals surface area contributed by atoms with Crippen LogP contribution in [0.5, 0.6) is 6.01 Å². The molecule has 0 aliphatic carbocycles. The summed E-state index contributed by atoms with van der Waals surface area (Å²) in [7, 11) is -1.75. The molecular formula is C12H15N5O3S. The molecule has 0 amide bonds. The summed E-state index contributed by atoms with van der Waals surface area (Å²) in [5.41, 5.74) is 6.40. The minimum atomic E-state index is -3.19. The minimum Gasteiger partial charge on any atom is -0.467 e. The number of rotatable bonds is 5. The Morgan fingerprint density at radius 2 is 1.86 bits per heavy atom. The number of benzene rings is 1. The first kappa shape index (κ1) is 15.0. The topological polar surface area (TPSA) is 120 Å². The van der Waals surface area contributed by atoms with Crippen molar-refractivity contribution in [1.82, 2.24) is 15.0 Å². The van der Waals surface area contributed by atoms with Gasteiger partial charge in [-0.15, -0.1) is 0 Å². The van der Waals surface area contributed by atoms with Crippen LogP contribution in [0.1, 0.15) is 5.56 Å². The lowest BCUT2D eigenvalue weighted by Crippen LogP contribution is -2.08. The fourth-order valence-corrected chi connectivity index (χ4v) is 2.21. The predicted molar refractivity (Wildman–Crippen MR) is 77.7 cm³/mol. The third-order valence-corrected chi connectivity index (χ3v) is 3.75. The fourth-order valence-electron chi connectivity index (χ4n) is 1.58. The molecule has 0 aliphatic rings. The highest BCUT2D eigenvalue weighted by molar-refractivity contribution is 7.90. The standard InChI is InChI=1S/C12H15N5O3S/c1-20-12-16-10(13)15-11(17-12)14-7-8-3-5-9(6-4-8)21(2,18)19/h3-6H,7H2,1-2H3,(H3,13,14,15,16,17). The summed E-state index contributed by atoms with van der Waals surface area (Å²) in [6, 6.07) is 6.65. The van der Waals surface area contributed by atoms with E-state index in [-0.39, 0.29) is 22.8 Å². The lowest BCUT2D eigenvalue weighted by Gasteiger charge is -2.07. The van der Waals surface area contributed by atoms with Crippen molar-refractivity contribution in [2.45, 2.75) is 11.4 Å². The van der Waals surface area contributed by atoms with Crippen LogP contribution in [0.25, 0.3) is 0 Å². The van der Waals surface area contributed by atoms with E-state index in [0.29, 0.717) is 6.54 Å². The van der Waals surface area contributed by atoms with Crippen LogP contribution in [-0.4, -0.2) is 36.7 Å². The van der Waals surface area contributed by atoms with Gasteiger partial charge < -0.3 is 15.8 Å². The molecular weight excluding hydrogens is 294 g/mol. The molecule has 1 aromatic heterocycles. The summed E-state index contributed by atoms with van der Waals surface area (Å²) in [5.74, 6) is 0.336. The predicted octanol–water partition coefficient (Wildman–Crippen LogP) is 0.478. The van der Waals surface area contributed by atoms with E-state index in [1.54, 1.807) is 24.3 Å². The first-order valence-electron chi connectivity index (χ1n) is 5.97. The summed E-state index contributed by atoms with van der Waals surface area (Å²) < 4.78 is 27.6. The number of anilines is 2. The molecule has 9 heteroatoms. The smallest absolute Gasteiger partial charge is 0.322 e. The first-order valence-corrected chi connectivity index (χ1v) is 7.86. The van der Waals surface area contributed by atoms with Gasteiger partial charge in [0.05, 0.1) is 12.0 Å². The van der Waals surface area contributed by atoms with E-state index in [4.69, 9.17) is 10.5 Å². The van der Waals surface area contributed by atoms with Crippen LogP contribution < -0.4 is 15.8 Å². The SMILES string of the molecule is COc1nc(N)nc(NCc2ccc(S(C)(=O)=O)cc2)n1. The van der Waals surface area contributed by atoms with Gasteiger partial charge in [-0.25, -0.2) is 8.42 Å². The van der Waals surface area contributed by atoms with Crippen LogP contribution in [0.3, 0.4) is 0 Å². The number of sulfone groups is 1. The Labute approximate surface area is 122 Å². The molecule has 0 saturated carbocycles. The molecule has 0 atom stereocenters. The van der Waals surface area contributed by atoms with Crippen molar-refractivity contribution in [1.29, 1.82) is 0 Å². The fraction of sp³-hybridized carbons (Fsp3) is 0.250. The van der Waals surface area contributed by atoms with Crippen molar-refractivity contribution in [3.8, 4) is 6.01 Å². The van der Waals surface area contributed by atoms with Crippen molar-refractivity contribution in [2.75, 3.05) is 24.4 Å². The van der Waals surface area contributed by atoms with E-state index in [2.05, 4.69) is 20.3 Å². The van der Waals surface area contributed by atoms with Crippen LogP contribution in [0, 0.1) is 0 Å². The Morgan fingerprint density at radius 3 is 2.43 bits per heavy atom. The van der Waals surface area contributed by atoms with E-state index >= 15 is 0 Å². The monoisotopic (exact) mass is 309 g/mol. The quantitative estimate of drug-likeness (QED) is 0.818. The number of nitrogen functional groups attached to an aromatic ring is 1. The lowest BCUT2D eigenvalue weighted by atomic mass is 10.2. The van der Waals surface area contributed by atoms with Crippen LogP contribution in [0.2, 0.25) is 0 Å². The van der Waals surface area contributed by atoms with Crippen LogP contribution in [-0.2, 0) is 16.4 Å². The summed E-state index contributed by atoms with van der Waals surface area (Å²) in [4.78, 5) is 12.0. The summed E-state index contributed by atoms with van der Waals surface area (Å²) in [5, 5.41) is 2.96. The number of nitrogens with zero attached hydrogens (tertiary/aromatic N) is 3. The molecule has 3 N–H and O–H groups in total. The summed E-state index contributed by atoms with van der Waals surface area (Å²) in [6.07, 6.45) is 1.17. The number of hydrogen-bond acceptors (Lipinski definition) is 8. The zero-order valence-corrected chi connectivity index (χ0v) is 12.4. The van der Waals surface area contributed by atoms with Crippen molar-refractivity contribution in [3.05, 3.63) is 29.8 Å². The minimum absolute atomic E-state index is 0.0526. The maximum atomic E-state index is 11.4. The second-order valence-corrected chi connectivity index (χ2v) is 6.29. The molecule has 0 bridgehead atoms. The molecule has 112 valence electrons. The van der Waals surface area contributed by atoms with Gasteiger partial charge in [0.1, 0.15) is 0 Å². The van der Waals surface area contributed by atoms with Gasteiger partial charge in [-0.05, 0) is 17.7 Å². The van der Waals surface area contributed by atoms with Gasteiger partial charge >= 0.3 is 6.01 Å². The molecule has 1 heterocycles. The second kappa shape index (κ2) is 5.92. The maximum absolute atomic E-state index is 11.4. The molecule has 1 aromatic carbocycles. The second-order valence-electron chi connectivity index (χ2n) is 4.27. The normalized spacial score (nSPS) is 11.1. The number of ether oxygens (including phenoxy) is 1. The van der Waals surface area contributed by atoms with Gasteiger partial charge in [-0.1, -0.05) is 12.1 Å².